The van der Waals surface area contributed by atoms with Crippen LogP contribution < -0.4 is 5.32 Å². The van der Waals surface area contributed by atoms with Gasteiger partial charge in [-0.25, -0.2) is 0 Å². The van der Waals surface area contributed by atoms with E-state index in [0.717, 1.165) is 37.4 Å². The first kappa shape index (κ1) is 12.6. The molecule has 17 heavy (non-hydrogen) atoms. The van der Waals surface area contributed by atoms with Gasteiger partial charge in [-0.3, -0.25) is 0 Å². The van der Waals surface area contributed by atoms with Crippen LogP contribution in [0.5, 0.6) is 0 Å². The van der Waals surface area contributed by atoms with E-state index < -0.39 is 6.49 Å². The minimum Gasteiger partial charge on any atom is -0.329 e. The summed E-state index contributed by atoms with van der Waals surface area (Å²) in [4.78, 5) is 0. The van der Waals surface area contributed by atoms with Gasteiger partial charge < -0.3 is 14.4 Å². The molecule has 3 nitrogen and oxygen atoms in total. The molecule has 3 aliphatic rings. The lowest BCUT2D eigenvalue weighted by atomic mass is 9.82. The number of rotatable bonds is 2. The summed E-state index contributed by atoms with van der Waals surface area (Å²) in [5, 5.41) is 3.69. The lowest BCUT2D eigenvalue weighted by Crippen LogP contribution is -2.42. The van der Waals surface area contributed by atoms with Crippen molar-refractivity contribution in [3.63, 3.8) is 0 Å². The van der Waals surface area contributed by atoms with E-state index in [1.165, 1.54) is 25.7 Å². The van der Waals surface area contributed by atoms with Crippen LogP contribution in [0.3, 0.4) is 0 Å². The minimum atomic E-state index is -1.88. The SMILES string of the molecule is CCP1(=S)OCC(C2CC3CCC(C2)N3)CO1. The topological polar surface area (TPSA) is 30.5 Å². The van der Waals surface area contributed by atoms with Gasteiger partial charge in [-0.15, -0.1) is 0 Å². The van der Waals surface area contributed by atoms with Crippen molar-refractivity contribution in [2.24, 2.45) is 11.8 Å². The molecule has 2 bridgehead atoms. The molecule has 0 aromatic rings. The van der Waals surface area contributed by atoms with Crippen LogP contribution in [0.25, 0.3) is 0 Å². The Morgan fingerprint density at radius 2 is 1.71 bits per heavy atom. The Kier molecular flexibility index (Phi) is 3.62. The summed E-state index contributed by atoms with van der Waals surface area (Å²) >= 11 is 5.42. The molecule has 2 unspecified atom stereocenters. The van der Waals surface area contributed by atoms with Crippen molar-refractivity contribution in [1.29, 1.82) is 0 Å². The molecule has 3 heterocycles. The van der Waals surface area contributed by atoms with E-state index in [0.29, 0.717) is 5.92 Å². The average Bonchev–Trinajstić information content (AvgIpc) is 2.69. The van der Waals surface area contributed by atoms with Gasteiger partial charge in [-0.05, 0) is 43.4 Å². The second-order valence-corrected chi connectivity index (χ2v) is 9.69. The monoisotopic (exact) mass is 275 g/mol. The molecule has 0 amide bonds. The first-order valence-corrected chi connectivity index (χ1v) is 9.65. The average molecular weight is 275 g/mol. The smallest absolute Gasteiger partial charge is 0.188 e. The van der Waals surface area contributed by atoms with Crippen LogP contribution >= 0.6 is 6.49 Å². The first-order chi connectivity index (χ1) is 8.18. The van der Waals surface area contributed by atoms with E-state index in [-0.39, 0.29) is 0 Å². The summed E-state index contributed by atoms with van der Waals surface area (Å²) in [6.45, 7) is 1.88. The molecule has 0 aliphatic carbocycles. The van der Waals surface area contributed by atoms with Crippen molar-refractivity contribution in [1.82, 2.24) is 5.32 Å². The lowest BCUT2D eigenvalue weighted by Gasteiger charge is -2.39. The van der Waals surface area contributed by atoms with E-state index in [1.54, 1.807) is 0 Å². The van der Waals surface area contributed by atoms with Crippen molar-refractivity contribution in [3.8, 4) is 0 Å². The van der Waals surface area contributed by atoms with E-state index in [9.17, 15) is 0 Å². The molecule has 2 atom stereocenters. The van der Waals surface area contributed by atoms with E-state index >= 15 is 0 Å². The molecule has 5 heteroatoms. The van der Waals surface area contributed by atoms with Gasteiger partial charge in [-0.1, -0.05) is 6.92 Å². The fraction of sp³-hybridized carbons (Fsp3) is 1.00. The van der Waals surface area contributed by atoms with E-state index in [4.69, 9.17) is 20.9 Å². The zero-order chi connectivity index (χ0) is 11.9. The van der Waals surface area contributed by atoms with Crippen LogP contribution in [0, 0.1) is 11.8 Å². The highest BCUT2D eigenvalue weighted by Gasteiger charge is 2.39. The van der Waals surface area contributed by atoms with Crippen LogP contribution in [-0.4, -0.2) is 31.5 Å². The zero-order valence-corrected chi connectivity index (χ0v) is 12.1. The molecule has 3 rings (SSSR count). The Morgan fingerprint density at radius 1 is 1.12 bits per heavy atom. The highest BCUT2D eigenvalue weighted by Crippen LogP contribution is 2.53. The third-order valence-electron chi connectivity index (χ3n) is 4.53. The second-order valence-electron chi connectivity index (χ2n) is 5.65. The molecule has 3 saturated heterocycles. The molecule has 98 valence electrons. The fourth-order valence-electron chi connectivity index (χ4n) is 3.44. The van der Waals surface area contributed by atoms with Gasteiger partial charge in [-0.2, -0.15) is 0 Å². The normalized spacial score (nSPS) is 50.4. The Bertz CT molecular complexity index is 314. The highest BCUT2D eigenvalue weighted by atomic mass is 32.5. The van der Waals surface area contributed by atoms with Crippen molar-refractivity contribution in [2.45, 2.75) is 44.7 Å². The van der Waals surface area contributed by atoms with Crippen LogP contribution in [0.1, 0.15) is 32.6 Å². The molecule has 3 fully saturated rings. The van der Waals surface area contributed by atoms with Gasteiger partial charge in [0.1, 0.15) is 0 Å². The molecule has 3 aliphatic heterocycles. The van der Waals surface area contributed by atoms with Gasteiger partial charge in [0.05, 0.1) is 13.2 Å². The molecule has 0 aromatic carbocycles. The van der Waals surface area contributed by atoms with Gasteiger partial charge >= 0.3 is 0 Å². The molecule has 0 spiro atoms. The maximum absolute atomic E-state index is 5.85. The number of nitrogens with one attached hydrogen (secondary N) is 1. The van der Waals surface area contributed by atoms with Crippen LogP contribution in [0.15, 0.2) is 0 Å². The standard InChI is InChI=1S/C12H22NO2PS/c1-2-16(17)14-7-10(8-15-16)9-5-11-3-4-12(6-9)13-11/h9-13H,2-8H2,1H3. The largest absolute Gasteiger partial charge is 0.329 e. The molecule has 0 saturated carbocycles. The zero-order valence-electron chi connectivity index (χ0n) is 10.4. The molecule has 1 N–H and O–H groups in total. The Labute approximate surface area is 109 Å². The van der Waals surface area contributed by atoms with Crippen molar-refractivity contribution >= 4 is 18.3 Å². The van der Waals surface area contributed by atoms with Crippen LogP contribution in [0.4, 0.5) is 0 Å². The molecular formula is C12H22NO2PS. The van der Waals surface area contributed by atoms with Crippen LogP contribution in [-0.2, 0) is 20.9 Å². The van der Waals surface area contributed by atoms with Gasteiger partial charge in [0.25, 0.3) is 0 Å². The molecule has 0 aromatic heterocycles. The summed E-state index contributed by atoms with van der Waals surface area (Å²) in [5.41, 5.74) is 0. The first-order valence-electron chi connectivity index (χ1n) is 6.83. The lowest BCUT2D eigenvalue weighted by molar-refractivity contribution is 0.0616. The summed E-state index contributed by atoms with van der Waals surface area (Å²) in [6, 6.07) is 1.52. The third-order valence-corrected chi connectivity index (χ3v) is 7.80. The van der Waals surface area contributed by atoms with Crippen molar-refractivity contribution in [2.75, 3.05) is 19.4 Å². The summed E-state index contributed by atoms with van der Waals surface area (Å²) in [5.74, 6) is 1.37. The maximum Gasteiger partial charge on any atom is 0.188 e. The minimum absolute atomic E-state index is 0.586. The third kappa shape index (κ3) is 2.62. The Morgan fingerprint density at radius 3 is 2.24 bits per heavy atom. The summed E-state index contributed by atoms with van der Waals surface area (Å²) < 4.78 is 11.7. The number of hydrogen-bond donors (Lipinski definition) is 1. The van der Waals surface area contributed by atoms with E-state index in [1.807, 2.05) is 0 Å². The predicted molar refractivity (Wildman–Crippen MR) is 72.9 cm³/mol. The fourth-order valence-corrected chi connectivity index (χ4v) is 5.09. The van der Waals surface area contributed by atoms with Gasteiger partial charge in [0, 0.05) is 24.2 Å². The van der Waals surface area contributed by atoms with Gasteiger partial charge in [0.15, 0.2) is 6.49 Å². The van der Waals surface area contributed by atoms with Crippen LogP contribution in [0.2, 0.25) is 0 Å². The molecule has 0 radical (unpaired) electrons. The second kappa shape index (κ2) is 4.90. The number of hydrogen-bond acceptors (Lipinski definition) is 4. The highest BCUT2D eigenvalue weighted by molar-refractivity contribution is 8.09. The predicted octanol–water partition coefficient (Wildman–Crippen LogP) is 2.51. The van der Waals surface area contributed by atoms with Gasteiger partial charge in [0.2, 0.25) is 0 Å². The van der Waals surface area contributed by atoms with Crippen molar-refractivity contribution < 1.29 is 9.05 Å². The maximum atomic E-state index is 5.85. The number of piperidine rings is 1. The molecular weight excluding hydrogens is 253 g/mol. The Hall–Kier alpha value is 0.530. The van der Waals surface area contributed by atoms with E-state index in [2.05, 4.69) is 12.2 Å². The quantitative estimate of drug-likeness (QED) is 0.784. The summed E-state index contributed by atoms with van der Waals surface area (Å²) in [7, 11) is 0. The van der Waals surface area contributed by atoms with Crippen molar-refractivity contribution in [3.05, 3.63) is 0 Å². The number of fused-ring (bicyclic) bond motifs is 2. The summed E-state index contributed by atoms with van der Waals surface area (Å²) in [6.07, 6.45) is 6.21. The Balaban J connectivity index is 1.58.